The smallest absolute Gasteiger partial charge is 0.149 e. The van der Waals surface area contributed by atoms with E-state index in [4.69, 9.17) is 0 Å². The molecule has 0 aromatic carbocycles. The van der Waals surface area contributed by atoms with Crippen molar-refractivity contribution in [2.75, 3.05) is 30.5 Å². The lowest BCUT2D eigenvalue weighted by Crippen LogP contribution is -2.25. The molecule has 1 heterocycles. The number of halogens is 1. The van der Waals surface area contributed by atoms with Gasteiger partial charge in [0.05, 0.1) is 5.75 Å². The molecule has 0 N–H and O–H groups in total. The molecular formula is C9H14BrN3O2S. The molecule has 0 atom stereocenters. The Morgan fingerprint density at radius 2 is 2.06 bits per heavy atom. The van der Waals surface area contributed by atoms with Gasteiger partial charge in [-0.3, -0.25) is 0 Å². The summed E-state index contributed by atoms with van der Waals surface area (Å²) < 4.78 is 22.8. The van der Waals surface area contributed by atoms with Crippen LogP contribution in [0.4, 0.5) is 5.82 Å². The summed E-state index contributed by atoms with van der Waals surface area (Å²) in [6, 6.07) is 1.76. The lowest BCUT2D eigenvalue weighted by atomic mass is 10.5. The second-order valence-corrected chi connectivity index (χ2v) is 6.72. The molecule has 1 rings (SSSR count). The van der Waals surface area contributed by atoms with Crippen LogP contribution < -0.4 is 4.90 Å². The maximum atomic E-state index is 11.0. The number of hydrogen-bond acceptors (Lipinski definition) is 5. The summed E-state index contributed by atoms with van der Waals surface area (Å²) in [7, 11) is -1.14. The molecule has 0 fully saturated rings. The van der Waals surface area contributed by atoms with E-state index in [0.29, 0.717) is 22.8 Å². The van der Waals surface area contributed by atoms with Gasteiger partial charge in [-0.25, -0.2) is 18.4 Å². The Morgan fingerprint density at radius 3 is 2.56 bits per heavy atom. The molecule has 0 saturated carbocycles. The van der Waals surface area contributed by atoms with E-state index < -0.39 is 9.84 Å². The number of aryl methyl sites for hydroxylation is 1. The standard InChI is InChI=1S/C9H14BrN3O2S/c1-7-11-8(10)6-9(12-7)13(2)4-5-16(3,14)15/h6H,4-5H2,1-3H3. The van der Waals surface area contributed by atoms with E-state index in [-0.39, 0.29) is 5.75 Å². The lowest BCUT2D eigenvalue weighted by molar-refractivity contribution is 0.601. The first-order valence-corrected chi connectivity index (χ1v) is 7.53. The summed E-state index contributed by atoms with van der Waals surface area (Å²) in [4.78, 5) is 10.1. The number of aromatic nitrogens is 2. The number of anilines is 1. The van der Waals surface area contributed by atoms with Gasteiger partial charge in [-0.15, -0.1) is 0 Å². The number of hydrogen-bond donors (Lipinski definition) is 0. The van der Waals surface area contributed by atoms with E-state index in [2.05, 4.69) is 25.9 Å². The van der Waals surface area contributed by atoms with Crippen molar-refractivity contribution >= 4 is 31.6 Å². The number of sulfone groups is 1. The zero-order valence-electron chi connectivity index (χ0n) is 9.44. The van der Waals surface area contributed by atoms with Gasteiger partial charge in [0, 0.05) is 25.9 Å². The maximum Gasteiger partial charge on any atom is 0.149 e. The van der Waals surface area contributed by atoms with Crippen LogP contribution in [0, 0.1) is 6.92 Å². The fraction of sp³-hybridized carbons (Fsp3) is 0.556. The first-order chi connectivity index (χ1) is 7.28. The van der Waals surface area contributed by atoms with Crippen LogP contribution in [0.5, 0.6) is 0 Å². The van der Waals surface area contributed by atoms with Crippen molar-refractivity contribution in [1.29, 1.82) is 0 Å². The van der Waals surface area contributed by atoms with E-state index in [0.717, 1.165) is 0 Å². The van der Waals surface area contributed by atoms with E-state index >= 15 is 0 Å². The van der Waals surface area contributed by atoms with Crippen LogP contribution in [-0.2, 0) is 9.84 Å². The topological polar surface area (TPSA) is 63.2 Å². The Morgan fingerprint density at radius 1 is 1.44 bits per heavy atom. The Labute approximate surface area is 104 Å². The summed E-state index contributed by atoms with van der Waals surface area (Å²) in [5.41, 5.74) is 0. The third kappa shape index (κ3) is 4.44. The van der Waals surface area contributed by atoms with E-state index in [1.54, 1.807) is 24.9 Å². The van der Waals surface area contributed by atoms with Gasteiger partial charge in [-0.1, -0.05) is 0 Å². The third-order valence-electron chi connectivity index (χ3n) is 1.98. The first kappa shape index (κ1) is 13.4. The van der Waals surface area contributed by atoms with Gasteiger partial charge in [-0.05, 0) is 22.9 Å². The predicted molar refractivity (Wildman–Crippen MR) is 67.4 cm³/mol. The van der Waals surface area contributed by atoms with Crippen LogP contribution in [0.3, 0.4) is 0 Å². The molecule has 1 aromatic heterocycles. The van der Waals surface area contributed by atoms with Crippen LogP contribution in [0.25, 0.3) is 0 Å². The number of rotatable bonds is 4. The molecule has 0 spiro atoms. The predicted octanol–water partition coefficient (Wildman–Crippen LogP) is 1.03. The summed E-state index contributed by atoms with van der Waals surface area (Å²) in [6.45, 7) is 2.21. The fourth-order valence-electron chi connectivity index (χ4n) is 1.13. The zero-order valence-corrected chi connectivity index (χ0v) is 11.8. The van der Waals surface area contributed by atoms with Crippen LogP contribution in [0.2, 0.25) is 0 Å². The summed E-state index contributed by atoms with van der Waals surface area (Å²) in [6.07, 6.45) is 1.22. The van der Waals surface area contributed by atoms with Crippen LogP contribution >= 0.6 is 15.9 Å². The Balaban J connectivity index is 2.76. The summed E-state index contributed by atoms with van der Waals surface area (Å²) in [5.74, 6) is 1.48. The van der Waals surface area contributed by atoms with Crippen molar-refractivity contribution in [2.24, 2.45) is 0 Å². The average Bonchev–Trinajstić information content (AvgIpc) is 2.11. The number of nitrogens with zero attached hydrogens (tertiary/aromatic N) is 3. The van der Waals surface area contributed by atoms with Crippen molar-refractivity contribution < 1.29 is 8.42 Å². The van der Waals surface area contributed by atoms with Gasteiger partial charge in [0.25, 0.3) is 0 Å². The van der Waals surface area contributed by atoms with Gasteiger partial charge < -0.3 is 4.90 Å². The van der Waals surface area contributed by atoms with E-state index in [1.807, 2.05) is 0 Å². The maximum absolute atomic E-state index is 11.0. The van der Waals surface area contributed by atoms with Crippen LogP contribution in [0.1, 0.15) is 5.82 Å². The fourth-order valence-corrected chi connectivity index (χ4v) is 2.20. The molecule has 0 saturated heterocycles. The van der Waals surface area contributed by atoms with Crippen molar-refractivity contribution in [1.82, 2.24) is 9.97 Å². The van der Waals surface area contributed by atoms with Crippen molar-refractivity contribution in [3.63, 3.8) is 0 Å². The molecule has 0 aliphatic heterocycles. The van der Waals surface area contributed by atoms with Gasteiger partial charge in [0.15, 0.2) is 0 Å². The molecule has 5 nitrogen and oxygen atoms in total. The van der Waals surface area contributed by atoms with E-state index in [1.165, 1.54) is 6.26 Å². The molecule has 0 aliphatic rings. The van der Waals surface area contributed by atoms with Crippen molar-refractivity contribution in [3.05, 3.63) is 16.5 Å². The highest BCUT2D eigenvalue weighted by Crippen LogP contribution is 2.14. The quantitative estimate of drug-likeness (QED) is 0.777. The Hall–Kier alpha value is -0.690. The van der Waals surface area contributed by atoms with Crippen LogP contribution in [0.15, 0.2) is 10.7 Å². The molecule has 90 valence electrons. The minimum absolute atomic E-state index is 0.115. The molecular weight excluding hydrogens is 294 g/mol. The Kier molecular flexibility index (Phi) is 4.26. The third-order valence-corrected chi connectivity index (χ3v) is 3.31. The lowest BCUT2D eigenvalue weighted by Gasteiger charge is -2.17. The molecule has 16 heavy (non-hydrogen) atoms. The monoisotopic (exact) mass is 307 g/mol. The first-order valence-electron chi connectivity index (χ1n) is 4.68. The van der Waals surface area contributed by atoms with Gasteiger partial charge >= 0.3 is 0 Å². The highest BCUT2D eigenvalue weighted by molar-refractivity contribution is 9.10. The van der Waals surface area contributed by atoms with Crippen LogP contribution in [-0.4, -0.2) is 44.0 Å². The molecule has 0 radical (unpaired) electrons. The SMILES string of the molecule is Cc1nc(Br)cc(N(C)CCS(C)(=O)=O)n1. The largest absolute Gasteiger partial charge is 0.359 e. The average molecular weight is 308 g/mol. The molecule has 0 unspecified atom stereocenters. The normalized spacial score (nSPS) is 11.5. The second-order valence-electron chi connectivity index (χ2n) is 3.65. The van der Waals surface area contributed by atoms with Crippen molar-refractivity contribution in [2.45, 2.75) is 6.92 Å². The summed E-state index contributed by atoms with van der Waals surface area (Å²) >= 11 is 3.28. The molecule has 0 amide bonds. The van der Waals surface area contributed by atoms with Gasteiger partial charge in [-0.2, -0.15) is 0 Å². The molecule has 0 aliphatic carbocycles. The molecule has 7 heteroatoms. The second kappa shape index (κ2) is 5.09. The Bertz CT molecular complexity index is 455. The minimum Gasteiger partial charge on any atom is -0.359 e. The summed E-state index contributed by atoms with van der Waals surface area (Å²) in [5, 5.41) is 0. The highest BCUT2D eigenvalue weighted by atomic mass is 79.9. The van der Waals surface area contributed by atoms with Gasteiger partial charge in [0.1, 0.15) is 26.1 Å². The molecule has 1 aromatic rings. The van der Waals surface area contributed by atoms with Crippen molar-refractivity contribution in [3.8, 4) is 0 Å². The zero-order chi connectivity index (χ0) is 12.3. The molecule has 0 bridgehead atoms. The highest BCUT2D eigenvalue weighted by Gasteiger charge is 2.08. The van der Waals surface area contributed by atoms with Gasteiger partial charge in [0.2, 0.25) is 0 Å². The van der Waals surface area contributed by atoms with E-state index in [9.17, 15) is 8.42 Å². The minimum atomic E-state index is -2.94.